The summed E-state index contributed by atoms with van der Waals surface area (Å²) in [5.74, 6) is -0.828. The van der Waals surface area contributed by atoms with E-state index in [9.17, 15) is 19.6 Å². The van der Waals surface area contributed by atoms with Crippen LogP contribution in [0.1, 0.15) is 39.0 Å². The minimum atomic E-state index is -0.933. The monoisotopic (exact) mass is 593 g/mol. The normalized spacial score (nSPS) is 15.4. The van der Waals surface area contributed by atoms with Gasteiger partial charge in [-0.1, -0.05) is 42.5 Å². The lowest BCUT2D eigenvalue weighted by atomic mass is 10.1. The average Bonchev–Trinajstić information content (AvgIpc) is 3.32. The Morgan fingerprint density at radius 2 is 1.75 bits per heavy atom. The Morgan fingerprint density at radius 1 is 1.09 bits per heavy atom. The summed E-state index contributed by atoms with van der Waals surface area (Å²) in [5, 5.41) is 21.6. The van der Waals surface area contributed by atoms with Gasteiger partial charge in [-0.2, -0.15) is 10.4 Å². The molecule has 11 nitrogen and oxygen atoms in total. The molecule has 3 aromatic carbocycles. The van der Waals surface area contributed by atoms with Crippen molar-refractivity contribution in [1.82, 2.24) is 20.0 Å². The van der Waals surface area contributed by atoms with Crippen molar-refractivity contribution in [2.75, 3.05) is 23.8 Å². The van der Waals surface area contributed by atoms with E-state index in [0.717, 1.165) is 16.6 Å². The van der Waals surface area contributed by atoms with Crippen LogP contribution in [0, 0.1) is 11.3 Å². The molecule has 1 aromatic heterocycles. The van der Waals surface area contributed by atoms with Crippen LogP contribution in [0.5, 0.6) is 0 Å². The molecule has 2 N–H and O–H groups in total. The van der Waals surface area contributed by atoms with Crippen LogP contribution in [-0.4, -0.2) is 63.9 Å². The van der Waals surface area contributed by atoms with Gasteiger partial charge in [-0.05, 0) is 58.0 Å². The Balaban J connectivity index is 1.46. The number of amides is 3. The van der Waals surface area contributed by atoms with E-state index in [2.05, 4.69) is 16.7 Å². The molecule has 4 aromatic rings. The van der Waals surface area contributed by atoms with Gasteiger partial charge in [0.1, 0.15) is 23.8 Å². The molecule has 0 radical (unpaired) electrons. The highest BCUT2D eigenvalue weighted by Gasteiger charge is 2.35. The van der Waals surface area contributed by atoms with Crippen LogP contribution in [0.15, 0.2) is 72.8 Å². The molecule has 44 heavy (non-hydrogen) atoms. The molecular formula is C33H35N7O4. The topological polar surface area (TPSA) is 133 Å². The number of carbonyl (C=O) groups is 3. The number of fused-ring (bicyclic) bond motifs is 2. The molecule has 2 unspecified atom stereocenters. The lowest BCUT2D eigenvalue weighted by molar-refractivity contribution is -0.130. The lowest BCUT2D eigenvalue weighted by Crippen LogP contribution is -2.55. The highest BCUT2D eigenvalue weighted by molar-refractivity contribution is 6.04. The number of likely N-dealkylation sites (N-methyl/N-ethyl adjacent to an activating group) is 1. The van der Waals surface area contributed by atoms with Gasteiger partial charge in [0, 0.05) is 19.0 Å². The maximum absolute atomic E-state index is 14.2. The number of hydrogen-bond acceptors (Lipinski definition) is 7. The van der Waals surface area contributed by atoms with Gasteiger partial charge in [0.05, 0.1) is 40.4 Å². The summed E-state index contributed by atoms with van der Waals surface area (Å²) >= 11 is 0. The summed E-state index contributed by atoms with van der Waals surface area (Å²) in [4.78, 5) is 42.9. The molecular weight excluding hydrogens is 558 g/mol. The molecule has 11 heteroatoms. The van der Waals surface area contributed by atoms with E-state index in [-0.39, 0.29) is 19.0 Å². The van der Waals surface area contributed by atoms with Gasteiger partial charge in [-0.3, -0.25) is 14.5 Å². The number of hydrogen-bond donors (Lipinski definition) is 2. The number of carbonyl (C=O) groups excluding carboxylic acids is 3. The maximum atomic E-state index is 14.2. The number of rotatable bonds is 6. The van der Waals surface area contributed by atoms with Crippen LogP contribution in [0.25, 0.3) is 16.6 Å². The second-order valence-corrected chi connectivity index (χ2v) is 11.7. The summed E-state index contributed by atoms with van der Waals surface area (Å²) in [6.07, 6.45) is -0.639. The molecule has 0 saturated carbocycles. The van der Waals surface area contributed by atoms with Crippen molar-refractivity contribution in [2.24, 2.45) is 0 Å². The van der Waals surface area contributed by atoms with Gasteiger partial charge in [0.2, 0.25) is 5.91 Å². The van der Waals surface area contributed by atoms with Gasteiger partial charge < -0.3 is 20.3 Å². The van der Waals surface area contributed by atoms with Crippen LogP contribution in [-0.2, 0) is 20.9 Å². The first kappa shape index (κ1) is 30.1. The predicted octanol–water partition coefficient (Wildman–Crippen LogP) is 4.60. The minimum absolute atomic E-state index is 0.111. The average molecular weight is 594 g/mol. The second kappa shape index (κ2) is 12.1. The zero-order valence-corrected chi connectivity index (χ0v) is 25.4. The van der Waals surface area contributed by atoms with E-state index in [1.54, 1.807) is 49.4 Å². The van der Waals surface area contributed by atoms with E-state index in [1.807, 2.05) is 60.7 Å². The van der Waals surface area contributed by atoms with E-state index < -0.39 is 29.7 Å². The summed E-state index contributed by atoms with van der Waals surface area (Å²) in [6, 6.07) is 22.7. The molecule has 2 atom stereocenters. The number of aromatic nitrogens is 2. The number of nitrogens with one attached hydrogen (secondary N) is 2. The molecule has 226 valence electrons. The third-order valence-electron chi connectivity index (χ3n) is 7.44. The Morgan fingerprint density at radius 3 is 2.48 bits per heavy atom. The van der Waals surface area contributed by atoms with Gasteiger partial charge in [0.25, 0.3) is 5.91 Å². The Bertz CT molecular complexity index is 1770. The van der Waals surface area contributed by atoms with Gasteiger partial charge >= 0.3 is 6.09 Å². The fourth-order valence-corrected chi connectivity index (χ4v) is 5.03. The fraction of sp³-hybridized carbons (Fsp3) is 0.303. The Hall–Kier alpha value is -5.37. The van der Waals surface area contributed by atoms with Gasteiger partial charge in [-0.15, -0.1) is 0 Å². The molecule has 0 aliphatic carbocycles. The lowest BCUT2D eigenvalue weighted by Gasteiger charge is -2.29. The highest BCUT2D eigenvalue weighted by atomic mass is 16.6. The number of benzene rings is 3. The predicted molar refractivity (Wildman–Crippen MR) is 167 cm³/mol. The Labute approximate surface area is 256 Å². The first-order valence-electron chi connectivity index (χ1n) is 14.3. The summed E-state index contributed by atoms with van der Waals surface area (Å²) in [5.41, 5.74) is 3.18. The Kier molecular flexibility index (Phi) is 8.27. The maximum Gasteiger partial charge on any atom is 0.410 e. The largest absolute Gasteiger partial charge is 0.444 e. The standard InChI is InChI=1S/C33H35N7O4/c1-21(38(5)32(43)44-33(2,3)4)30(41)36-25-19-35-24-14-8-11-17-29(24)39(31(25)42)20-26-23-13-7-10-16-28(23)40(37-26)27-15-9-6-12-22(27)18-34/h6-17,21,25,35H,19-20H2,1-5H3,(H,36,41). The number of ether oxygens (including phenoxy) is 1. The van der Waals surface area contributed by atoms with E-state index >= 15 is 0 Å². The molecule has 1 aliphatic heterocycles. The quantitative estimate of drug-likeness (QED) is 0.334. The molecule has 5 rings (SSSR count). The van der Waals surface area contributed by atoms with Crippen molar-refractivity contribution < 1.29 is 19.1 Å². The molecule has 0 fully saturated rings. The summed E-state index contributed by atoms with van der Waals surface area (Å²) in [6.45, 7) is 7.09. The van der Waals surface area contributed by atoms with Crippen molar-refractivity contribution in [2.45, 2.75) is 51.9 Å². The van der Waals surface area contributed by atoms with Crippen molar-refractivity contribution in [3.05, 3.63) is 84.1 Å². The molecule has 0 bridgehead atoms. The number of para-hydroxylation sites is 4. The van der Waals surface area contributed by atoms with Crippen molar-refractivity contribution in [3.8, 4) is 11.8 Å². The minimum Gasteiger partial charge on any atom is -0.444 e. The summed E-state index contributed by atoms with van der Waals surface area (Å²) in [7, 11) is 1.49. The van der Waals surface area contributed by atoms with Crippen LogP contribution < -0.4 is 15.5 Å². The third-order valence-corrected chi connectivity index (χ3v) is 7.44. The van der Waals surface area contributed by atoms with Gasteiger partial charge in [-0.25, -0.2) is 9.48 Å². The van der Waals surface area contributed by atoms with E-state index in [4.69, 9.17) is 9.84 Å². The fourth-order valence-electron chi connectivity index (χ4n) is 5.03. The van der Waals surface area contributed by atoms with Crippen molar-refractivity contribution in [1.29, 1.82) is 5.26 Å². The van der Waals surface area contributed by atoms with Crippen LogP contribution in [0.3, 0.4) is 0 Å². The number of nitriles is 1. The summed E-state index contributed by atoms with van der Waals surface area (Å²) < 4.78 is 7.13. The first-order valence-corrected chi connectivity index (χ1v) is 14.3. The molecule has 3 amide bonds. The van der Waals surface area contributed by atoms with E-state index in [1.165, 1.54) is 11.9 Å². The van der Waals surface area contributed by atoms with E-state index in [0.29, 0.717) is 22.6 Å². The number of nitrogens with zero attached hydrogens (tertiary/aromatic N) is 5. The van der Waals surface area contributed by atoms with Crippen LogP contribution in [0.4, 0.5) is 16.2 Å². The highest BCUT2D eigenvalue weighted by Crippen LogP contribution is 2.32. The SMILES string of the molecule is CC(C(=O)NC1CNc2ccccc2N(Cc2nn(-c3ccccc3C#N)c3ccccc23)C1=O)N(C)C(=O)OC(C)(C)C. The molecule has 0 spiro atoms. The van der Waals surface area contributed by atoms with Crippen molar-refractivity contribution in [3.63, 3.8) is 0 Å². The zero-order chi connectivity index (χ0) is 31.6. The zero-order valence-electron chi connectivity index (χ0n) is 25.4. The molecule has 1 aliphatic rings. The van der Waals surface area contributed by atoms with Crippen LogP contribution >= 0.6 is 0 Å². The van der Waals surface area contributed by atoms with Gasteiger partial charge in [0.15, 0.2) is 0 Å². The smallest absolute Gasteiger partial charge is 0.410 e. The van der Waals surface area contributed by atoms with Crippen LogP contribution in [0.2, 0.25) is 0 Å². The second-order valence-electron chi connectivity index (χ2n) is 11.7. The van der Waals surface area contributed by atoms with Crippen molar-refractivity contribution >= 4 is 40.2 Å². The first-order chi connectivity index (χ1) is 21.0. The third kappa shape index (κ3) is 6.06. The molecule has 0 saturated heterocycles. The molecule has 2 heterocycles. The number of anilines is 2.